The van der Waals surface area contributed by atoms with Gasteiger partial charge in [0, 0.05) is 24.8 Å². The Morgan fingerprint density at radius 2 is 1.96 bits per heavy atom. The van der Waals surface area contributed by atoms with Crippen LogP contribution in [0.1, 0.15) is 0 Å². The molecule has 0 aliphatic rings. The summed E-state index contributed by atoms with van der Waals surface area (Å²) >= 11 is 0. The fourth-order valence-electron chi connectivity index (χ4n) is 2.11. The molecule has 23 heavy (non-hydrogen) atoms. The highest BCUT2D eigenvalue weighted by atomic mass is 19.1. The molecule has 1 N–H and O–H groups in total. The van der Waals surface area contributed by atoms with Crippen molar-refractivity contribution in [1.29, 1.82) is 0 Å². The van der Waals surface area contributed by atoms with E-state index in [1.54, 1.807) is 35.6 Å². The molecule has 3 rings (SSSR count). The number of ether oxygens (including phenoxy) is 1. The summed E-state index contributed by atoms with van der Waals surface area (Å²) in [4.78, 5) is 12.4. The van der Waals surface area contributed by atoms with Crippen molar-refractivity contribution in [3.63, 3.8) is 0 Å². The van der Waals surface area contributed by atoms with Crippen LogP contribution in [0.25, 0.3) is 11.5 Å². The number of benzene rings is 1. The van der Waals surface area contributed by atoms with Gasteiger partial charge in [0.1, 0.15) is 30.0 Å². The molecule has 0 radical (unpaired) electrons. The van der Waals surface area contributed by atoms with Gasteiger partial charge in [-0.2, -0.15) is 0 Å². The molecule has 2 heterocycles. The van der Waals surface area contributed by atoms with Crippen molar-refractivity contribution in [3.05, 3.63) is 61.1 Å². The number of rotatable bonds is 6. The van der Waals surface area contributed by atoms with Crippen LogP contribution >= 0.6 is 0 Å². The fraction of sp³-hybridized carbons (Fsp3) is 0.188. The Kier molecular flexibility index (Phi) is 4.58. The standard InChI is InChI=1S/C16H15FN4O2/c17-12-1-3-14(4-2-12)23-11-13(22)10-21-8-7-20-16(21)15-9-18-5-6-19-15/h1-9,13,22H,10-11H2. The van der Waals surface area contributed by atoms with Crippen molar-refractivity contribution >= 4 is 0 Å². The van der Waals surface area contributed by atoms with Gasteiger partial charge in [-0.3, -0.25) is 4.98 Å². The highest BCUT2D eigenvalue weighted by Gasteiger charge is 2.12. The summed E-state index contributed by atoms with van der Waals surface area (Å²) in [6, 6.07) is 5.65. The fourth-order valence-corrected chi connectivity index (χ4v) is 2.11. The molecule has 0 fully saturated rings. The van der Waals surface area contributed by atoms with Crippen molar-refractivity contribution in [2.45, 2.75) is 12.6 Å². The monoisotopic (exact) mass is 314 g/mol. The number of hydrogen-bond donors (Lipinski definition) is 1. The van der Waals surface area contributed by atoms with Crippen LogP contribution in [0.2, 0.25) is 0 Å². The second-order valence-corrected chi connectivity index (χ2v) is 4.91. The van der Waals surface area contributed by atoms with Crippen molar-refractivity contribution in [2.24, 2.45) is 0 Å². The van der Waals surface area contributed by atoms with Gasteiger partial charge >= 0.3 is 0 Å². The maximum absolute atomic E-state index is 12.8. The van der Waals surface area contributed by atoms with Crippen molar-refractivity contribution in [1.82, 2.24) is 19.5 Å². The van der Waals surface area contributed by atoms with E-state index in [1.807, 2.05) is 0 Å². The third-order valence-corrected chi connectivity index (χ3v) is 3.17. The average molecular weight is 314 g/mol. The van der Waals surface area contributed by atoms with Gasteiger partial charge in [0.05, 0.1) is 12.7 Å². The Morgan fingerprint density at radius 3 is 2.70 bits per heavy atom. The minimum atomic E-state index is -0.746. The highest BCUT2D eigenvalue weighted by Crippen LogP contribution is 2.15. The van der Waals surface area contributed by atoms with Gasteiger partial charge in [-0.1, -0.05) is 0 Å². The Bertz CT molecular complexity index is 746. The van der Waals surface area contributed by atoms with Crippen LogP contribution in [0.4, 0.5) is 4.39 Å². The molecule has 0 saturated heterocycles. The minimum absolute atomic E-state index is 0.0870. The van der Waals surface area contributed by atoms with Gasteiger partial charge in [0.2, 0.25) is 0 Å². The van der Waals surface area contributed by atoms with Crippen LogP contribution in [-0.2, 0) is 6.54 Å². The summed E-state index contributed by atoms with van der Waals surface area (Å²) in [6.45, 7) is 0.386. The molecule has 0 amide bonds. The number of nitrogens with zero attached hydrogens (tertiary/aromatic N) is 4. The van der Waals surface area contributed by atoms with E-state index in [4.69, 9.17) is 4.74 Å². The lowest BCUT2D eigenvalue weighted by Gasteiger charge is -2.14. The van der Waals surface area contributed by atoms with Gasteiger partial charge in [-0.15, -0.1) is 0 Å². The molecule has 2 aromatic heterocycles. The first-order valence-corrected chi connectivity index (χ1v) is 7.06. The van der Waals surface area contributed by atoms with Gasteiger partial charge in [0.25, 0.3) is 0 Å². The molecular formula is C16H15FN4O2. The lowest BCUT2D eigenvalue weighted by molar-refractivity contribution is 0.0928. The van der Waals surface area contributed by atoms with Gasteiger partial charge in [0.15, 0.2) is 5.82 Å². The second-order valence-electron chi connectivity index (χ2n) is 4.91. The summed E-state index contributed by atoms with van der Waals surface area (Å²) in [5, 5.41) is 10.1. The van der Waals surface area contributed by atoms with Crippen molar-refractivity contribution in [3.8, 4) is 17.3 Å². The molecule has 7 heteroatoms. The number of imidazole rings is 1. The second kappa shape index (κ2) is 6.97. The third kappa shape index (κ3) is 3.89. The van der Waals surface area contributed by atoms with Crippen LogP contribution in [0.15, 0.2) is 55.2 Å². The van der Waals surface area contributed by atoms with E-state index in [-0.39, 0.29) is 12.4 Å². The summed E-state index contributed by atoms with van der Waals surface area (Å²) in [5.74, 6) is 0.800. The molecule has 3 aromatic rings. The van der Waals surface area contributed by atoms with Gasteiger partial charge < -0.3 is 14.4 Å². The molecule has 6 nitrogen and oxygen atoms in total. The molecule has 1 atom stereocenters. The number of halogens is 1. The van der Waals surface area contributed by atoms with E-state index in [2.05, 4.69) is 15.0 Å². The number of aliphatic hydroxyl groups excluding tert-OH is 1. The summed E-state index contributed by atoms with van der Waals surface area (Å²) in [6.07, 6.45) is 7.43. The predicted molar refractivity (Wildman–Crippen MR) is 81.2 cm³/mol. The van der Waals surface area contributed by atoms with Crippen LogP contribution in [0.3, 0.4) is 0 Å². The molecule has 0 aliphatic heterocycles. The summed E-state index contributed by atoms with van der Waals surface area (Å²) in [5.41, 5.74) is 0.629. The van der Waals surface area contributed by atoms with Crippen molar-refractivity contribution in [2.75, 3.05) is 6.61 Å². The molecule has 1 unspecified atom stereocenters. The molecule has 118 valence electrons. The van der Waals surface area contributed by atoms with E-state index >= 15 is 0 Å². The zero-order chi connectivity index (χ0) is 16.1. The number of aromatic nitrogens is 4. The normalized spacial score (nSPS) is 12.1. The Balaban J connectivity index is 1.61. The maximum atomic E-state index is 12.8. The SMILES string of the molecule is OC(COc1ccc(F)cc1)Cn1ccnc1-c1cnccn1. The first kappa shape index (κ1) is 15.1. The van der Waals surface area contributed by atoms with Gasteiger partial charge in [-0.05, 0) is 24.3 Å². The Labute approximate surface area is 132 Å². The molecular weight excluding hydrogens is 299 g/mol. The summed E-state index contributed by atoms with van der Waals surface area (Å²) < 4.78 is 20.0. The first-order chi connectivity index (χ1) is 11.2. The largest absolute Gasteiger partial charge is 0.491 e. The lowest BCUT2D eigenvalue weighted by Crippen LogP contribution is -2.23. The number of aliphatic hydroxyl groups is 1. The summed E-state index contributed by atoms with van der Waals surface area (Å²) in [7, 11) is 0. The smallest absolute Gasteiger partial charge is 0.160 e. The molecule has 0 aliphatic carbocycles. The predicted octanol–water partition coefficient (Wildman–Crippen LogP) is 1.92. The molecule has 1 aromatic carbocycles. The van der Waals surface area contributed by atoms with E-state index in [9.17, 15) is 9.50 Å². The lowest BCUT2D eigenvalue weighted by atomic mass is 10.3. The highest BCUT2D eigenvalue weighted by molar-refractivity contribution is 5.47. The van der Waals surface area contributed by atoms with E-state index in [0.29, 0.717) is 23.8 Å². The van der Waals surface area contributed by atoms with Crippen LogP contribution in [0.5, 0.6) is 5.75 Å². The van der Waals surface area contributed by atoms with E-state index in [1.165, 1.54) is 24.3 Å². The van der Waals surface area contributed by atoms with Crippen LogP contribution in [-0.4, -0.2) is 37.3 Å². The topological polar surface area (TPSA) is 73.1 Å². The Morgan fingerprint density at radius 1 is 1.13 bits per heavy atom. The van der Waals surface area contributed by atoms with Crippen molar-refractivity contribution < 1.29 is 14.2 Å². The third-order valence-electron chi connectivity index (χ3n) is 3.17. The zero-order valence-electron chi connectivity index (χ0n) is 12.2. The first-order valence-electron chi connectivity index (χ1n) is 7.06. The maximum Gasteiger partial charge on any atom is 0.160 e. The molecule has 0 bridgehead atoms. The van der Waals surface area contributed by atoms with E-state index in [0.717, 1.165) is 0 Å². The van der Waals surface area contributed by atoms with E-state index < -0.39 is 6.10 Å². The average Bonchev–Trinajstić information content (AvgIpc) is 3.03. The minimum Gasteiger partial charge on any atom is -0.491 e. The molecule has 0 saturated carbocycles. The molecule has 0 spiro atoms. The Hall–Kier alpha value is -2.80. The van der Waals surface area contributed by atoms with Crippen LogP contribution in [0, 0.1) is 5.82 Å². The zero-order valence-corrected chi connectivity index (χ0v) is 12.2. The van der Waals surface area contributed by atoms with Gasteiger partial charge in [-0.25, -0.2) is 14.4 Å². The quantitative estimate of drug-likeness (QED) is 0.752. The van der Waals surface area contributed by atoms with Crippen LogP contribution < -0.4 is 4.74 Å². The number of hydrogen-bond acceptors (Lipinski definition) is 5.